The Bertz CT molecular complexity index is 1370. The Morgan fingerprint density at radius 3 is 2.20 bits per heavy atom. The molecule has 0 aliphatic carbocycles. The fourth-order valence-corrected chi connectivity index (χ4v) is 5.70. The maximum Gasteiger partial charge on any atom is 0.255 e. The van der Waals surface area contributed by atoms with Crippen molar-refractivity contribution in [2.45, 2.75) is 18.7 Å². The average molecular weight is 496 g/mol. The van der Waals surface area contributed by atoms with Crippen LogP contribution in [0.1, 0.15) is 31.8 Å². The van der Waals surface area contributed by atoms with Gasteiger partial charge in [-0.15, -0.1) is 0 Å². The molecule has 7 nitrogen and oxygen atoms in total. The monoisotopic (exact) mass is 495 g/mol. The van der Waals surface area contributed by atoms with Crippen molar-refractivity contribution in [3.63, 3.8) is 0 Å². The van der Waals surface area contributed by atoms with Crippen LogP contribution in [0.4, 0.5) is 10.1 Å². The lowest BCUT2D eigenvalue weighted by atomic mass is 10.1. The van der Waals surface area contributed by atoms with E-state index in [4.69, 9.17) is 0 Å². The molecule has 0 aromatic heterocycles. The number of nitrogens with one attached hydrogen (secondary N) is 1. The Morgan fingerprint density at radius 2 is 1.54 bits per heavy atom. The van der Waals surface area contributed by atoms with E-state index < -0.39 is 21.7 Å². The fraction of sp³-hybridized carbons (Fsp3) is 0.231. The SMILES string of the molecule is Cc1ccc(S(=O)(=O)N2CCN(C(=O)c3cccc(NC(=O)c4ccc(F)cc4)c3)CC2)c(C)c1. The van der Waals surface area contributed by atoms with Crippen LogP contribution < -0.4 is 5.32 Å². The number of amides is 2. The summed E-state index contributed by atoms with van der Waals surface area (Å²) in [4.78, 5) is 27.4. The Morgan fingerprint density at radius 1 is 0.857 bits per heavy atom. The van der Waals surface area contributed by atoms with E-state index in [2.05, 4.69) is 5.32 Å². The molecule has 0 bridgehead atoms. The molecule has 9 heteroatoms. The van der Waals surface area contributed by atoms with Crippen molar-refractivity contribution in [1.29, 1.82) is 0 Å². The zero-order valence-corrected chi connectivity index (χ0v) is 20.3. The van der Waals surface area contributed by atoms with Crippen molar-refractivity contribution in [1.82, 2.24) is 9.21 Å². The molecule has 0 atom stereocenters. The van der Waals surface area contributed by atoms with Crippen molar-refractivity contribution in [2.24, 2.45) is 0 Å². The lowest BCUT2D eigenvalue weighted by molar-refractivity contribution is 0.0697. The van der Waals surface area contributed by atoms with Crippen molar-refractivity contribution >= 4 is 27.5 Å². The zero-order chi connectivity index (χ0) is 25.2. The summed E-state index contributed by atoms with van der Waals surface area (Å²) in [7, 11) is -3.65. The summed E-state index contributed by atoms with van der Waals surface area (Å²) in [6.45, 7) is 4.60. The van der Waals surface area contributed by atoms with E-state index in [0.29, 0.717) is 22.4 Å². The quantitative estimate of drug-likeness (QED) is 0.583. The summed E-state index contributed by atoms with van der Waals surface area (Å²) < 4.78 is 40.7. The third kappa shape index (κ3) is 5.41. The van der Waals surface area contributed by atoms with E-state index in [9.17, 15) is 22.4 Å². The molecule has 1 aliphatic heterocycles. The first-order valence-corrected chi connectivity index (χ1v) is 12.6. The van der Waals surface area contributed by atoms with Gasteiger partial charge in [0.15, 0.2) is 0 Å². The molecule has 1 aliphatic rings. The van der Waals surface area contributed by atoms with Gasteiger partial charge < -0.3 is 10.2 Å². The molecular formula is C26H26FN3O4S. The van der Waals surface area contributed by atoms with Crippen LogP contribution in [-0.2, 0) is 10.0 Å². The van der Waals surface area contributed by atoms with Gasteiger partial charge in [-0.3, -0.25) is 9.59 Å². The summed E-state index contributed by atoms with van der Waals surface area (Å²) >= 11 is 0. The Balaban J connectivity index is 1.41. The molecule has 0 radical (unpaired) electrons. The van der Waals surface area contributed by atoms with Crippen molar-refractivity contribution in [2.75, 3.05) is 31.5 Å². The largest absolute Gasteiger partial charge is 0.336 e. The van der Waals surface area contributed by atoms with Gasteiger partial charge in [-0.1, -0.05) is 23.8 Å². The first kappa shape index (κ1) is 24.6. The molecule has 1 heterocycles. The minimum Gasteiger partial charge on any atom is -0.336 e. The predicted molar refractivity (Wildman–Crippen MR) is 131 cm³/mol. The summed E-state index contributed by atoms with van der Waals surface area (Å²) in [5.41, 5.74) is 2.80. The molecular weight excluding hydrogens is 469 g/mol. The van der Waals surface area contributed by atoms with Crippen molar-refractivity contribution in [3.8, 4) is 0 Å². The van der Waals surface area contributed by atoms with Gasteiger partial charge in [0, 0.05) is 43.0 Å². The standard InChI is InChI=1S/C26H26FN3O4S/c1-18-6-11-24(19(2)16-18)35(33,34)30-14-12-29(13-15-30)26(32)21-4-3-5-23(17-21)28-25(31)20-7-9-22(27)10-8-20/h3-11,16-17H,12-15H2,1-2H3,(H,28,31). The number of carbonyl (C=O) groups is 2. The van der Waals surface area contributed by atoms with Crippen molar-refractivity contribution < 1.29 is 22.4 Å². The lowest BCUT2D eigenvalue weighted by Gasteiger charge is -2.34. The molecule has 35 heavy (non-hydrogen) atoms. The van der Waals surface area contributed by atoms with Crippen molar-refractivity contribution in [3.05, 3.63) is 94.8 Å². The highest BCUT2D eigenvalue weighted by Crippen LogP contribution is 2.23. The summed E-state index contributed by atoms with van der Waals surface area (Å²) in [6.07, 6.45) is 0. The second kappa shape index (κ2) is 9.97. The zero-order valence-electron chi connectivity index (χ0n) is 19.5. The van der Waals surface area contributed by atoms with Gasteiger partial charge in [0.05, 0.1) is 4.90 Å². The molecule has 0 saturated carbocycles. The van der Waals surface area contributed by atoms with E-state index in [-0.39, 0.29) is 37.0 Å². The third-order valence-corrected chi connectivity index (χ3v) is 8.01. The van der Waals surface area contributed by atoms with Gasteiger partial charge in [-0.2, -0.15) is 4.31 Å². The van der Waals surface area contributed by atoms with Gasteiger partial charge in [-0.05, 0) is 67.9 Å². The molecule has 1 fully saturated rings. The number of piperazine rings is 1. The Hall–Kier alpha value is -3.56. The first-order valence-electron chi connectivity index (χ1n) is 11.2. The van der Waals surface area contributed by atoms with Crippen LogP contribution in [0.2, 0.25) is 0 Å². The fourth-order valence-electron chi connectivity index (χ4n) is 4.08. The highest BCUT2D eigenvalue weighted by atomic mass is 32.2. The molecule has 3 aromatic carbocycles. The first-order chi connectivity index (χ1) is 16.6. The normalized spacial score (nSPS) is 14.5. The number of anilines is 1. The molecule has 4 rings (SSSR count). The number of hydrogen-bond acceptors (Lipinski definition) is 4. The number of carbonyl (C=O) groups excluding carboxylic acids is 2. The number of nitrogens with zero attached hydrogens (tertiary/aromatic N) is 2. The summed E-state index contributed by atoms with van der Waals surface area (Å²) in [5, 5.41) is 2.71. The molecule has 0 unspecified atom stereocenters. The van der Waals surface area contributed by atoms with Crippen LogP contribution in [0, 0.1) is 19.7 Å². The van der Waals surface area contributed by atoms with Gasteiger partial charge in [0.2, 0.25) is 10.0 Å². The third-order valence-electron chi connectivity index (χ3n) is 5.95. The lowest BCUT2D eigenvalue weighted by Crippen LogP contribution is -2.50. The second-order valence-electron chi connectivity index (χ2n) is 8.51. The van der Waals surface area contributed by atoms with Crippen LogP contribution in [0.3, 0.4) is 0 Å². The van der Waals surface area contributed by atoms with E-state index in [0.717, 1.165) is 5.56 Å². The van der Waals surface area contributed by atoms with E-state index in [1.807, 2.05) is 13.0 Å². The number of benzene rings is 3. The summed E-state index contributed by atoms with van der Waals surface area (Å²) in [6, 6.07) is 17.0. The van der Waals surface area contributed by atoms with E-state index >= 15 is 0 Å². The van der Waals surface area contributed by atoms with Crippen LogP contribution in [0.15, 0.2) is 71.6 Å². The van der Waals surface area contributed by atoms with Crippen LogP contribution in [0.5, 0.6) is 0 Å². The molecule has 1 saturated heterocycles. The van der Waals surface area contributed by atoms with Gasteiger partial charge in [-0.25, -0.2) is 12.8 Å². The van der Waals surface area contributed by atoms with Gasteiger partial charge in [0.25, 0.3) is 11.8 Å². The smallest absolute Gasteiger partial charge is 0.255 e. The number of aryl methyl sites for hydroxylation is 2. The molecule has 2 amide bonds. The molecule has 0 spiro atoms. The predicted octanol–water partition coefficient (Wildman–Crippen LogP) is 3.84. The average Bonchev–Trinajstić information content (AvgIpc) is 2.84. The number of rotatable bonds is 5. The molecule has 182 valence electrons. The van der Waals surface area contributed by atoms with Crippen LogP contribution in [-0.4, -0.2) is 55.6 Å². The molecule has 1 N–H and O–H groups in total. The van der Waals surface area contributed by atoms with E-state index in [1.165, 1.54) is 28.6 Å². The Labute approximate surface area is 204 Å². The van der Waals surface area contributed by atoms with Crippen LogP contribution >= 0.6 is 0 Å². The minimum atomic E-state index is -3.65. The second-order valence-corrected chi connectivity index (χ2v) is 10.4. The maximum absolute atomic E-state index is 13.1. The highest BCUT2D eigenvalue weighted by molar-refractivity contribution is 7.89. The minimum absolute atomic E-state index is 0.197. The summed E-state index contributed by atoms with van der Waals surface area (Å²) in [5.74, 6) is -1.10. The maximum atomic E-state index is 13.1. The number of hydrogen-bond donors (Lipinski definition) is 1. The highest BCUT2D eigenvalue weighted by Gasteiger charge is 2.31. The van der Waals surface area contributed by atoms with Gasteiger partial charge in [0.1, 0.15) is 5.82 Å². The van der Waals surface area contributed by atoms with E-state index in [1.54, 1.807) is 48.2 Å². The van der Waals surface area contributed by atoms with Crippen LogP contribution in [0.25, 0.3) is 0 Å². The topological polar surface area (TPSA) is 86.8 Å². The number of halogens is 1. The Kier molecular flexibility index (Phi) is 7.00. The molecule has 3 aromatic rings. The van der Waals surface area contributed by atoms with Gasteiger partial charge >= 0.3 is 0 Å². The number of sulfonamides is 1.